The lowest BCUT2D eigenvalue weighted by Crippen LogP contribution is -2.09. The van der Waals surface area contributed by atoms with E-state index in [0.29, 0.717) is 11.5 Å². The molecule has 1 unspecified atom stereocenters. The number of carboxylic acids is 1. The number of furan rings is 1. The smallest absolute Gasteiger partial charge is 0.304 e. The van der Waals surface area contributed by atoms with Crippen LogP contribution in [-0.2, 0) is 4.79 Å². The van der Waals surface area contributed by atoms with Gasteiger partial charge in [-0.15, -0.1) is 0 Å². The Labute approximate surface area is 98.1 Å². The van der Waals surface area contributed by atoms with Gasteiger partial charge in [0.15, 0.2) is 0 Å². The van der Waals surface area contributed by atoms with Crippen molar-refractivity contribution in [1.29, 1.82) is 0 Å². The number of aliphatic carboxylic acids is 1. The Balaban J connectivity index is 2.35. The Hall–Kier alpha value is -2.17. The van der Waals surface area contributed by atoms with Crippen molar-refractivity contribution in [2.45, 2.75) is 19.3 Å². The fourth-order valence-electron chi connectivity index (χ4n) is 1.66. The number of hydrogen-bond acceptors (Lipinski definition) is 4. The lowest BCUT2D eigenvalue weighted by molar-refractivity contribution is -0.137. The van der Waals surface area contributed by atoms with E-state index < -0.39 is 11.9 Å². The van der Waals surface area contributed by atoms with Gasteiger partial charge in [-0.05, 0) is 19.1 Å². The SMILES string of the molecule is Cc1ccc(C(CC(=O)O)c2cnccn2)o1. The summed E-state index contributed by atoms with van der Waals surface area (Å²) in [5, 5.41) is 8.92. The minimum absolute atomic E-state index is 0.0638. The maximum atomic E-state index is 10.9. The summed E-state index contributed by atoms with van der Waals surface area (Å²) in [6.45, 7) is 1.82. The molecule has 0 aliphatic rings. The monoisotopic (exact) mass is 232 g/mol. The number of hydrogen-bond donors (Lipinski definition) is 1. The third kappa shape index (κ3) is 2.69. The molecule has 88 valence electrons. The van der Waals surface area contributed by atoms with Crippen LogP contribution in [0, 0.1) is 6.92 Å². The van der Waals surface area contributed by atoms with Gasteiger partial charge in [-0.3, -0.25) is 14.8 Å². The average Bonchev–Trinajstić information content (AvgIpc) is 2.73. The van der Waals surface area contributed by atoms with Crippen molar-refractivity contribution in [3.63, 3.8) is 0 Å². The van der Waals surface area contributed by atoms with E-state index in [4.69, 9.17) is 9.52 Å². The molecule has 0 radical (unpaired) electrons. The molecule has 2 aromatic heterocycles. The summed E-state index contributed by atoms with van der Waals surface area (Å²) in [6, 6.07) is 3.58. The first-order valence-electron chi connectivity index (χ1n) is 5.21. The molecule has 0 spiro atoms. The van der Waals surface area contributed by atoms with Crippen LogP contribution in [0.4, 0.5) is 0 Å². The van der Waals surface area contributed by atoms with Crippen molar-refractivity contribution < 1.29 is 14.3 Å². The zero-order valence-corrected chi connectivity index (χ0v) is 9.33. The van der Waals surface area contributed by atoms with Gasteiger partial charge in [0.1, 0.15) is 11.5 Å². The van der Waals surface area contributed by atoms with Crippen molar-refractivity contribution in [1.82, 2.24) is 9.97 Å². The van der Waals surface area contributed by atoms with Crippen LogP contribution >= 0.6 is 0 Å². The highest BCUT2D eigenvalue weighted by Gasteiger charge is 2.22. The molecule has 0 fully saturated rings. The summed E-state index contributed by atoms with van der Waals surface area (Å²) in [5.41, 5.74) is 0.601. The van der Waals surface area contributed by atoms with Gasteiger partial charge in [-0.1, -0.05) is 0 Å². The fourth-order valence-corrected chi connectivity index (χ4v) is 1.66. The summed E-state index contributed by atoms with van der Waals surface area (Å²) < 4.78 is 5.47. The molecule has 0 aromatic carbocycles. The Morgan fingerprint density at radius 1 is 1.47 bits per heavy atom. The quantitative estimate of drug-likeness (QED) is 0.872. The molecule has 5 heteroatoms. The summed E-state index contributed by atoms with van der Waals surface area (Å²) >= 11 is 0. The highest BCUT2D eigenvalue weighted by molar-refractivity contribution is 5.68. The van der Waals surface area contributed by atoms with Crippen LogP contribution in [0.1, 0.15) is 29.6 Å². The van der Waals surface area contributed by atoms with E-state index in [1.165, 1.54) is 0 Å². The van der Waals surface area contributed by atoms with E-state index in [2.05, 4.69) is 9.97 Å². The van der Waals surface area contributed by atoms with Crippen LogP contribution in [0.3, 0.4) is 0 Å². The molecular weight excluding hydrogens is 220 g/mol. The van der Waals surface area contributed by atoms with Gasteiger partial charge in [-0.25, -0.2) is 0 Å². The molecule has 2 aromatic rings. The summed E-state index contributed by atoms with van der Waals surface area (Å²) in [5.74, 6) is 0.0642. The van der Waals surface area contributed by atoms with Crippen LogP contribution in [0.2, 0.25) is 0 Å². The van der Waals surface area contributed by atoms with Crippen LogP contribution in [-0.4, -0.2) is 21.0 Å². The number of carbonyl (C=O) groups is 1. The maximum Gasteiger partial charge on any atom is 0.304 e. The van der Waals surface area contributed by atoms with E-state index in [-0.39, 0.29) is 6.42 Å². The maximum absolute atomic E-state index is 10.9. The molecule has 0 aliphatic carbocycles. The molecule has 0 saturated carbocycles. The molecule has 0 amide bonds. The zero-order chi connectivity index (χ0) is 12.3. The molecule has 5 nitrogen and oxygen atoms in total. The first-order chi connectivity index (χ1) is 8.16. The molecule has 1 N–H and O–H groups in total. The topological polar surface area (TPSA) is 76.2 Å². The van der Waals surface area contributed by atoms with Crippen LogP contribution in [0.15, 0.2) is 35.1 Å². The Morgan fingerprint density at radius 2 is 2.29 bits per heavy atom. The highest BCUT2D eigenvalue weighted by atomic mass is 16.4. The molecule has 0 saturated heterocycles. The van der Waals surface area contributed by atoms with Crippen molar-refractivity contribution in [2.24, 2.45) is 0 Å². The number of aromatic nitrogens is 2. The van der Waals surface area contributed by atoms with E-state index in [1.54, 1.807) is 30.7 Å². The highest BCUT2D eigenvalue weighted by Crippen LogP contribution is 2.27. The predicted molar refractivity (Wildman–Crippen MR) is 59.6 cm³/mol. The lowest BCUT2D eigenvalue weighted by Gasteiger charge is -2.10. The standard InChI is InChI=1S/C12H12N2O3/c1-8-2-3-11(17-8)9(6-12(15)16)10-7-13-4-5-14-10/h2-5,7,9H,6H2,1H3,(H,15,16). The van der Waals surface area contributed by atoms with Crippen molar-refractivity contribution >= 4 is 5.97 Å². The van der Waals surface area contributed by atoms with Crippen LogP contribution in [0.25, 0.3) is 0 Å². The molecule has 17 heavy (non-hydrogen) atoms. The lowest BCUT2D eigenvalue weighted by atomic mass is 9.99. The summed E-state index contributed by atoms with van der Waals surface area (Å²) in [7, 11) is 0. The molecule has 0 bridgehead atoms. The second-order valence-electron chi connectivity index (χ2n) is 3.73. The van der Waals surface area contributed by atoms with Gasteiger partial charge >= 0.3 is 5.97 Å². The predicted octanol–water partition coefficient (Wildman–Crippen LogP) is 1.98. The minimum Gasteiger partial charge on any atom is -0.481 e. The van der Waals surface area contributed by atoms with E-state index >= 15 is 0 Å². The van der Waals surface area contributed by atoms with Gasteiger partial charge in [0.2, 0.25) is 0 Å². The Bertz CT molecular complexity index is 507. The summed E-state index contributed by atoms with van der Waals surface area (Å²) in [4.78, 5) is 19.0. The van der Waals surface area contributed by atoms with Crippen LogP contribution in [0.5, 0.6) is 0 Å². The van der Waals surface area contributed by atoms with Crippen molar-refractivity contribution in [3.8, 4) is 0 Å². The van der Waals surface area contributed by atoms with Gasteiger partial charge in [0.05, 0.1) is 18.0 Å². The average molecular weight is 232 g/mol. The number of carboxylic acid groups (broad SMARTS) is 1. The third-order valence-electron chi connectivity index (χ3n) is 2.42. The van der Waals surface area contributed by atoms with Crippen molar-refractivity contribution in [3.05, 3.63) is 47.9 Å². The molecule has 0 aliphatic heterocycles. The minimum atomic E-state index is -0.894. The molecule has 1 atom stereocenters. The second-order valence-corrected chi connectivity index (χ2v) is 3.73. The largest absolute Gasteiger partial charge is 0.481 e. The Kier molecular flexibility index (Phi) is 3.18. The van der Waals surface area contributed by atoms with Gasteiger partial charge in [0.25, 0.3) is 0 Å². The van der Waals surface area contributed by atoms with E-state index in [9.17, 15) is 4.79 Å². The first kappa shape index (κ1) is 11.3. The van der Waals surface area contributed by atoms with E-state index in [0.717, 1.165) is 5.76 Å². The molecular formula is C12H12N2O3. The van der Waals surface area contributed by atoms with Gasteiger partial charge in [0, 0.05) is 18.6 Å². The van der Waals surface area contributed by atoms with Gasteiger partial charge in [-0.2, -0.15) is 0 Å². The Morgan fingerprint density at radius 3 is 2.82 bits per heavy atom. The number of aryl methyl sites for hydroxylation is 1. The first-order valence-corrected chi connectivity index (χ1v) is 5.21. The van der Waals surface area contributed by atoms with E-state index in [1.807, 2.05) is 6.92 Å². The molecule has 2 heterocycles. The number of rotatable bonds is 4. The fraction of sp³-hybridized carbons (Fsp3) is 0.250. The third-order valence-corrected chi connectivity index (χ3v) is 2.42. The van der Waals surface area contributed by atoms with Gasteiger partial charge < -0.3 is 9.52 Å². The second kappa shape index (κ2) is 4.78. The zero-order valence-electron chi connectivity index (χ0n) is 9.33. The summed E-state index contributed by atoms with van der Waals surface area (Å²) in [6.07, 6.45) is 4.59. The number of nitrogens with zero attached hydrogens (tertiary/aromatic N) is 2. The molecule has 2 rings (SSSR count). The van der Waals surface area contributed by atoms with Crippen LogP contribution < -0.4 is 0 Å². The van der Waals surface area contributed by atoms with Crippen molar-refractivity contribution in [2.75, 3.05) is 0 Å². The normalized spacial score (nSPS) is 12.3.